The highest BCUT2D eigenvalue weighted by atomic mass is 32.1. The van der Waals surface area contributed by atoms with Gasteiger partial charge >= 0.3 is 0 Å². The summed E-state index contributed by atoms with van der Waals surface area (Å²) in [5, 5.41) is 1.10. The maximum absolute atomic E-state index is 4.71. The molecule has 0 spiro atoms. The van der Waals surface area contributed by atoms with Gasteiger partial charge < -0.3 is 0 Å². The number of hydrogen-bond acceptors (Lipinski definition) is 2. The van der Waals surface area contributed by atoms with E-state index in [0.29, 0.717) is 0 Å². The third-order valence-electron chi connectivity index (χ3n) is 3.69. The highest BCUT2D eigenvalue weighted by Crippen LogP contribution is 2.31. The summed E-state index contributed by atoms with van der Waals surface area (Å²) >= 11 is 1.76. The van der Waals surface area contributed by atoms with Crippen LogP contribution in [0.1, 0.15) is 32.3 Å². The maximum Gasteiger partial charge on any atom is 0.124 e. The molecule has 101 valence electrons. The molecule has 1 aromatic heterocycles. The summed E-state index contributed by atoms with van der Waals surface area (Å²) in [5.41, 5.74) is 3.66. The van der Waals surface area contributed by atoms with Crippen LogP contribution in [0.3, 0.4) is 0 Å². The monoisotopic (exact) mass is 280 g/mol. The van der Waals surface area contributed by atoms with Crippen molar-refractivity contribution in [3.63, 3.8) is 0 Å². The van der Waals surface area contributed by atoms with Crippen LogP contribution in [0.15, 0.2) is 48.5 Å². The molecule has 0 aliphatic rings. The summed E-state index contributed by atoms with van der Waals surface area (Å²) in [5.74, 6) is 1.51. The second-order valence-corrected chi connectivity index (χ2v) is 5.91. The average molecular weight is 280 g/mol. The van der Waals surface area contributed by atoms with E-state index in [1.54, 1.807) is 11.3 Å². The second-order valence-electron chi connectivity index (χ2n) is 4.87. The van der Waals surface area contributed by atoms with Crippen molar-refractivity contribution in [3.8, 4) is 10.6 Å². The van der Waals surface area contributed by atoms with Gasteiger partial charge in [0.15, 0.2) is 0 Å². The molecule has 0 amide bonds. The standard InChI is InChI=1S/C18H18NS/c1-3-13(4-2)14-9-11-15(12-10-14)18-19-16-7-5-6-8-17(16)20-18/h5-12H,3-4H2,1-2H3. The van der Waals surface area contributed by atoms with E-state index in [9.17, 15) is 0 Å². The minimum absolute atomic E-state index is 1.09. The zero-order chi connectivity index (χ0) is 13.9. The molecule has 0 N–H and O–H groups in total. The van der Waals surface area contributed by atoms with Crippen LogP contribution in [-0.2, 0) is 0 Å². The smallest absolute Gasteiger partial charge is 0.124 e. The number of rotatable bonds is 4. The van der Waals surface area contributed by atoms with Crippen molar-refractivity contribution in [2.24, 2.45) is 0 Å². The average Bonchev–Trinajstić information content (AvgIpc) is 2.93. The Kier molecular flexibility index (Phi) is 3.83. The first-order valence-electron chi connectivity index (χ1n) is 7.13. The van der Waals surface area contributed by atoms with Gasteiger partial charge in [0.2, 0.25) is 0 Å². The lowest BCUT2D eigenvalue weighted by Gasteiger charge is -2.11. The number of fused-ring (bicyclic) bond motifs is 1. The van der Waals surface area contributed by atoms with Crippen LogP contribution in [-0.4, -0.2) is 4.98 Å². The summed E-state index contributed by atoms with van der Waals surface area (Å²) in [6.07, 6.45) is 2.24. The molecule has 3 rings (SSSR count). The molecule has 3 aromatic rings. The molecule has 1 radical (unpaired) electrons. The number of nitrogens with zero attached hydrogens (tertiary/aromatic N) is 1. The molecule has 2 heteroatoms. The summed E-state index contributed by atoms with van der Waals surface area (Å²) in [6.45, 7) is 4.45. The minimum Gasteiger partial charge on any atom is -0.236 e. The Morgan fingerprint density at radius 3 is 2.30 bits per heavy atom. The van der Waals surface area contributed by atoms with E-state index in [2.05, 4.69) is 56.3 Å². The van der Waals surface area contributed by atoms with E-state index in [0.717, 1.165) is 23.4 Å². The first-order chi connectivity index (χ1) is 9.81. The highest BCUT2D eigenvalue weighted by Gasteiger charge is 2.09. The fraction of sp³-hybridized carbons (Fsp3) is 0.222. The Labute approximate surface area is 124 Å². The van der Waals surface area contributed by atoms with Crippen LogP contribution in [0, 0.1) is 5.92 Å². The molecular formula is C18H18NS. The molecule has 0 atom stereocenters. The largest absolute Gasteiger partial charge is 0.236 e. The number of benzene rings is 2. The van der Waals surface area contributed by atoms with Gasteiger partial charge in [-0.05, 0) is 30.5 Å². The normalized spacial score (nSPS) is 11.3. The van der Waals surface area contributed by atoms with E-state index < -0.39 is 0 Å². The molecule has 0 aliphatic heterocycles. The third-order valence-corrected chi connectivity index (χ3v) is 4.77. The molecule has 0 aliphatic carbocycles. The van der Waals surface area contributed by atoms with Gasteiger partial charge in [0.25, 0.3) is 0 Å². The Hall–Kier alpha value is -1.67. The quantitative estimate of drug-likeness (QED) is 0.597. The molecule has 2 aromatic carbocycles. The van der Waals surface area contributed by atoms with Gasteiger partial charge in [0.05, 0.1) is 10.2 Å². The van der Waals surface area contributed by atoms with Gasteiger partial charge in [0, 0.05) is 11.5 Å². The Morgan fingerprint density at radius 2 is 1.65 bits per heavy atom. The zero-order valence-corrected chi connectivity index (χ0v) is 12.7. The van der Waals surface area contributed by atoms with E-state index in [1.165, 1.54) is 21.7 Å². The van der Waals surface area contributed by atoms with Crippen LogP contribution >= 0.6 is 11.3 Å². The second kappa shape index (κ2) is 5.76. The predicted octanol–water partition coefficient (Wildman–Crippen LogP) is 5.71. The van der Waals surface area contributed by atoms with Crippen molar-refractivity contribution >= 4 is 21.6 Å². The van der Waals surface area contributed by atoms with Crippen LogP contribution in [0.2, 0.25) is 0 Å². The first kappa shape index (κ1) is 13.3. The summed E-state index contributed by atoms with van der Waals surface area (Å²) in [4.78, 5) is 4.71. The summed E-state index contributed by atoms with van der Waals surface area (Å²) < 4.78 is 1.25. The molecule has 0 unspecified atom stereocenters. The summed E-state index contributed by atoms with van der Waals surface area (Å²) in [6, 6.07) is 17.1. The molecule has 1 nitrogen and oxygen atoms in total. The number of thiazole rings is 1. The SMILES string of the molecule is CC[C](CC)c1ccc(-c2nc3ccccc3s2)cc1. The Balaban J connectivity index is 1.94. The lowest BCUT2D eigenvalue weighted by atomic mass is 9.93. The molecule has 0 saturated carbocycles. The lowest BCUT2D eigenvalue weighted by molar-refractivity contribution is 0.850. The van der Waals surface area contributed by atoms with Crippen molar-refractivity contribution in [1.82, 2.24) is 4.98 Å². The highest BCUT2D eigenvalue weighted by molar-refractivity contribution is 7.21. The molecule has 0 saturated heterocycles. The van der Waals surface area contributed by atoms with Gasteiger partial charge in [0.1, 0.15) is 5.01 Å². The van der Waals surface area contributed by atoms with Gasteiger partial charge in [-0.1, -0.05) is 50.2 Å². The predicted molar refractivity (Wildman–Crippen MR) is 88.0 cm³/mol. The number of para-hydroxylation sites is 1. The molecule has 0 bridgehead atoms. The fourth-order valence-electron chi connectivity index (χ4n) is 2.50. The molecule has 20 heavy (non-hydrogen) atoms. The van der Waals surface area contributed by atoms with Crippen molar-refractivity contribution in [2.75, 3.05) is 0 Å². The van der Waals surface area contributed by atoms with Gasteiger partial charge in [-0.15, -0.1) is 11.3 Å². The van der Waals surface area contributed by atoms with E-state index in [1.807, 2.05) is 6.07 Å². The Bertz CT molecular complexity index is 660. The number of aromatic nitrogens is 1. The van der Waals surface area contributed by atoms with Crippen LogP contribution in [0.5, 0.6) is 0 Å². The lowest BCUT2D eigenvalue weighted by Crippen LogP contribution is -1.95. The molecule has 0 fully saturated rings. The molecule has 1 heterocycles. The van der Waals surface area contributed by atoms with Crippen molar-refractivity contribution in [3.05, 3.63) is 60.0 Å². The fourth-order valence-corrected chi connectivity index (χ4v) is 3.47. The maximum atomic E-state index is 4.71. The van der Waals surface area contributed by atoms with Crippen LogP contribution < -0.4 is 0 Å². The van der Waals surface area contributed by atoms with Crippen molar-refractivity contribution in [1.29, 1.82) is 0 Å². The van der Waals surface area contributed by atoms with Crippen molar-refractivity contribution in [2.45, 2.75) is 26.7 Å². The van der Waals surface area contributed by atoms with Gasteiger partial charge in [-0.25, -0.2) is 4.98 Å². The zero-order valence-electron chi connectivity index (χ0n) is 11.9. The van der Waals surface area contributed by atoms with Gasteiger partial charge in [-0.2, -0.15) is 0 Å². The topological polar surface area (TPSA) is 12.9 Å². The Morgan fingerprint density at radius 1 is 0.950 bits per heavy atom. The number of hydrogen-bond donors (Lipinski definition) is 0. The van der Waals surface area contributed by atoms with E-state index >= 15 is 0 Å². The third kappa shape index (κ3) is 2.48. The molecular weight excluding hydrogens is 262 g/mol. The van der Waals surface area contributed by atoms with E-state index in [-0.39, 0.29) is 0 Å². The van der Waals surface area contributed by atoms with Crippen LogP contribution in [0.25, 0.3) is 20.8 Å². The summed E-state index contributed by atoms with van der Waals surface area (Å²) in [7, 11) is 0. The van der Waals surface area contributed by atoms with Crippen molar-refractivity contribution < 1.29 is 0 Å². The first-order valence-corrected chi connectivity index (χ1v) is 7.94. The van der Waals surface area contributed by atoms with Crippen LogP contribution in [0.4, 0.5) is 0 Å². The minimum atomic E-state index is 1.09. The van der Waals surface area contributed by atoms with Gasteiger partial charge in [-0.3, -0.25) is 0 Å². The van der Waals surface area contributed by atoms with E-state index in [4.69, 9.17) is 4.98 Å².